The van der Waals surface area contributed by atoms with Gasteiger partial charge in [-0.1, -0.05) is 26.7 Å². The van der Waals surface area contributed by atoms with Crippen LogP contribution in [0.15, 0.2) is 0 Å². The molecule has 1 aliphatic carbocycles. The van der Waals surface area contributed by atoms with E-state index >= 15 is 0 Å². The Kier molecular flexibility index (Phi) is 5.62. The summed E-state index contributed by atoms with van der Waals surface area (Å²) in [7, 11) is 0. The van der Waals surface area contributed by atoms with Crippen LogP contribution in [0.1, 0.15) is 52.9 Å². The van der Waals surface area contributed by atoms with E-state index in [0.717, 1.165) is 18.5 Å². The average molecular weight is 212 g/mol. The summed E-state index contributed by atoms with van der Waals surface area (Å²) in [4.78, 5) is 2.64. The first kappa shape index (κ1) is 13.0. The van der Waals surface area contributed by atoms with Crippen molar-refractivity contribution in [2.75, 3.05) is 13.1 Å². The zero-order valence-electron chi connectivity index (χ0n) is 10.7. The van der Waals surface area contributed by atoms with E-state index in [0.29, 0.717) is 6.04 Å². The van der Waals surface area contributed by atoms with Crippen molar-refractivity contribution >= 4 is 0 Å². The summed E-state index contributed by atoms with van der Waals surface area (Å²) in [5, 5.41) is 0. The van der Waals surface area contributed by atoms with Gasteiger partial charge < -0.3 is 5.73 Å². The molecule has 0 bridgehead atoms. The molecule has 0 heterocycles. The molecule has 0 saturated heterocycles. The van der Waals surface area contributed by atoms with Crippen LogP contribution in [0, 0.1) is 5.92 Å². The van der Waals surface area contributed by atoms with Crippen molar-refractivity contribution in [3.63, 3.8) is 0 Å². The van der Waals surface area contributed by atoms with Crippen LogP contribution in [0.25, 0.3) is 0 Å². The van der Waals surface area contributed by atoms with Gasteiger partial charge in [-0.25, -0.2) is 0 Å². The molecule has 2 N–H and O–H groups in total. The lowest BCUT2D eigenvalue weighted by Gasteiger charge is -2.30. The summed E-state index contributed by atoms with van der Waals surface area (Å²) in [5.74, 6) is 0.807. The second kappa shape index (κ2) is 6.49. The van der Waals surface area contributed by atoms with Crippen LogP contribution in [-0.4, -0.2) is 30.1 Å². The number of hydrogen-bond donors (Lipinski definition) is 1. The van der Waals surface area contributed by atoms with Gasteiger partial charge >= 0.3 is 0 Å². The van der Waals surface area contributed by atoms with E-state index in [2.05, 4.69) is 25.7 Å². The molecule has 0 aliphatic heterocycles. The van der Waals surface area contributed by atoms with Crippen LogP contribution in [0.5, 0.6) is 0 Å². The lowest BCUT2D eigenvalue weighted by molar-refractivity contribution is 0.180. The third-order valence-electron chi connectivity index (χ3n) is 3.36. The first-order valence-corrected chi connectivity index (χ1v) is 6.59. The predicted molar refractivity (Wildman–Crippen MR) is 66.9 cm³/mol. The highest BCUT2D eigenvalue weighted by Gasteiger charge is 2.22. The Hall–Kier alpha value is -0.0800. The topological polar surface area (TPSA) is 29.3 Å². The lowest BCUT2D eigenvalue weighted by Crippen LogP contribution is -2.42. The maximum atomic E-state index is 5.93. The van der Waals surface area contributed by atoms with Crippen molar-refractivity contribution in [1.29, 1.82) is 0 Å². The highest BCUT2D eigenvalue weighted by molar-refractivity contribution is 4.79. The molecular weight excluding hydrogens is 184 g/mol. The zero-order chi connectivity index (χ0) is 11.3. The molecule has 2 nitrogen and oxygen atoms in total. The van der Waals surface area contributed by atoms with Crippen LogP contribution in [0.4, 0.5) is 0 Å². The van der Waals surface area contributed by atoms with Crippen molar-refractivity contribution in [3.8, 4) is 0 Å². The van der Waals surface area contributed by atoms with Crippen molar-refractivity contribution in [3.05, 3.63) is 0 Å². The van der Waals surface area contributed by atoms with E-state index in [9.17, 15) is 0 Å². The van der Waals surface area contributed by atoms with Crippen LogP contribution in [-0.2, 0) is 0 Å². The second-order valence-corrected chi connectivity index (χ2v) is 5.59. The van der Waals surface area contributed by atoms with Gasteiger partial charge in [0.25, 0.3) is 0 Å². The summed E-state index contributed by atoms with van der Waals surface area (Å²) in [6.45, 7) is 9.05. The molecule has 1 unspecified atom stereocenters. The Balaban J connectivity index is 2.37. The fourth-order valence-electron chi connectivity index (χ4n) is 2.49. The molecule has 1 aliphatic rings. The van der Waals surface area contributed by atoms with E-state index in [1.165, 1.54) is 38.6 Å². The van der Waals surface area contributed by atoms with Gasteiger partial charge in [0.05, 0.1) is 0 Å². The van der Waals surface area contributed by atoms with Gasteiger partial charge in [0.2, 0.25) is 0 Å². The van der Waals surface area contributed by atoms with Gasteiger partial charge in [-0.15, -0.1) is 0 Å². The molecule has 1 rings (SSSR count). The minimum absolute atomic E-state index is 0.317. The highest BCUT2D eigenvalue weighted by Crippen LogP contribution is 2.24. The smallest absolute Gasteiger partial charge is 0.0139 e. The molecule has 0 aromatic heterocycles. The Bertz CT molecular complexity index is 160. The lowest BCUT2D eigenvalue weighted by atomic mass is 10.1. The summed E-state index contributed by atoms with van der Waals surface area (Å²) in [6.07, 6.45) is 6.93. The molecule has 15 heavy (non-hydrogen) atoms. The van der Waals surface area contributed by atoms with E-state index in [1.807, 2.05) is 0 Å². The SMILES string of the molecule is CC(C)CCN(CC(C)N)C1CCCC1. The Morgan fingerprint density at radius 1 is 1.20 bits per heavy atom. The second-order valence-electron chi connectivity index (χ2n) is 5.59. The molecule has 0 aromatic rings. The summed E-state index contributed by atoms with van der Waals surface area (Å²) >= 11 is 0. The Morgan fingerprint density at radius 2 is 1.80 bits per heavy atom. The van der Waals surface area contributed by atoms with Crippen LogP contribution >= 0.6 is 0 Å². The van der Waals surface area contributed by atoms with Crippen molar-refractivity contribution in [2.24, 2.45) is 11.7 Å². The maximum Gasteiger partial charge on any atom is 0.0139 e. The van der Waals surface area contributed by atoms with Gasteiger partial charge in [0.1, 0.15) is 0 Å². The minimum atomic E-state index is 0.317. The fraction of sp³-hybridized carbons (Fsp3) is 1.00. The first-order valence-electron chi connectivity index (χ1n) is 6.59. The summed E-state index contributed by atoms with van der Waals surface area (Å²) in [6, 6.07) is 1.15. The van der Waals surface area contributed by atoms with E-state index < -0.39 is 0 Å². The summed E-state index contributed by atoms with van der Waals surface area (Å²) < 4.78 is 0. The van der Waals surface area contributed by atoms with Crippen molar-refractivity contribution < 1.29 is 0 Å². The van der Waals surface area contributed by atoms with Gasteiger partial charge in [-0.05, 0) is 38.6 Å². The minimum Gasteiger partial charge on any atom is -0.327 e. The van der Waals surface area contributed by atoms with Crippen molar-refractivity contribution in [1.82, 2.24) is 4.90 Å². The molecule has 1 saturated carbocycles. The number of hydrogen-bond acceptors (Lipinski definition) is 2. The molecule has 1 atom stereocenters. The monoisotopic (exact) mass is 212 g/mol. The third kappa shape index (κ3) is 4.98. The van der Waals surface area contributed by atoms with Gasteiger partial charge in [-0.2, -0.15) is 0 Å². The highest BCUT2D eigenvalue weighted by atomic mass is 15.2. The Morgan fingerprint density at radius 3 is 2.27 bits per heavy atom. The molecule has 0 aromatic carbocycles. The van der Waals surface area contributed by atoms with Gasteiger partial charge in [0, 0.05) is 18.6 Å². The molecule has 90 valence electrons. The van der Waals surface area contributed by atoms with E-state index in [-0.39, 0.29) is 0 Å². The maximum absolute atomic E-state index is 5.93. The van der Waals surface area contributed by atoms with Crippen LogP contribution in [0.2, 0.25) is 0 Å². The zero-order valence-corrected chi connectivity index (χ0v) is 10.7. The molecule has 0 amide bonds. The predicted octanol–water partition coefficient (Wildman–Crippen LogP) is 2.62. The largest absolute Gasteiger partial charge is 0.327 e. The van der Waals surface area contributed by atoms with E-state index in [1.54, 1.807) is 0 Å². The molecule has 0 spiro atoms. The van der Waals surface area contributed by atoms with Crippen molar-refractivity contribution in [2.45, 2.75) is 65.0 Å². The molecule has 0 radical (unpaired) electrons. The van der Waals surface area contributed by atoms with Gasteiger partial charge in [-0.3, -0.25) is 4.90 Å². The molecule has 2 heteroatoms. The van der Waals surface area contributed by atoms with E-state index in [4.69, 9.17) is 5.73 Å². The third-order valence-corrected chi connectivity index (χ3v) is 3.36. The van der Waals surface area contributed by atoms with Crippen LogP contribution < -0.4 is 5.73 Å². The number of nitrogens with zero attached hydrogens (tertiary/aromatic N) is 1. The summed E-state index contributed by atoms with van der Waals surface area (Å²) in [5.41, 5.74) is 5.93. The number of rotatable bonds is 6. The fourth-order valence-corrected chi connectivity index (χ4v) is 2.49. The molecule has 1 fully saturated rings. The normalized spacial score (nSPS) is 20.4. The molecular formula is C13H28N2. The standard InChI is InChI=1S/C13H28N2/c1-11(2)8-9-15(10-12(3)14)13-6-4-5-7-13/h11-13H,4-10,14H2,1-3H3. The quantitative estimate of drug-likeness (QED) is 0.733. The van der Waals surface area contributed by atoms with Crippen LogP contribution in [0.3, 0.4) is 0 Å². The Labute approximate surface area is 95.2 Å². The first-order chi connectivity index (χ1) is 7.09. The average Bonchev–Trinajstić information content (AvgIpc) is 2.63. The van der Waals surface area contributed by atoms with Gasteiger partial charge in [0.15, 0.2) is 0 Å². The number of nitrogens with two attached hydrogens (primary N) is 1.